The minimum atomic E-state index is 0.625. The number of methoxy groups -OCH3 is 1. The Labute approximate surface area is 150 Å². The van der Waals surface area contributed by atoms with Crippen LogP contribution in [0.3, 0.4) is 0 Å². The molecule has 3 aromatic rings. The zero-order chi connectivity index (χ0) is 17.6. The Bertz CT molecular complexity index is 816. The smallest absolute Gasteiger partial charge is 0.210 e. The fourth-order valence-electron chi connectivity index (χ4n) is 2.31. The highest BCUT2D eigenvalue weighted by Gasteiger charge is 2.12. The van der Waals surface area contributed by atoms with Crippen LogP contribution in [0.2, 0.25) is 0 Å². The van der Waals surface area contributed by atoms with Gasteiger partial charge in [-0.3, -0.25) is 0 Å². The zero-order valence-corrected chi connectivity index (χ0v) is 15.0. The lowest BCUT2D eigenvalue weighted by Gasteiger charge is -2.06. The van der Waals surface area contributed by atoms with E-state index in [0.717, 1.165) is 28.4 Å². The summed E-state index contributed by atoms with van der Waals surface area (Å²) in [5, 5.41) is 9.07. The first-order chi connectivity index (χ1) is 12.2. The third kappa shape index (κ3) is 4.06. The lowest BCUT2D eigenvalue weighted by atomic mass is 10.2. The Morgan fingerprint density at radius 1 is 1.00 bits per heavy atom. The Hall–Kier alpha value is -2.67. The predicted molar refractivity (Wildman–Crippen MR) is 99.3 cm³/mol. The van der Waals surface area contributed by atoms with Crippen molar-refractivity contribution >= 4 is 11.8 Å². The minimum Gasteiger partial charge on any atom is -0.497 e. The van der Waals surface area contributed by atoms with Crippen molar-refractivity contribution in [2.45, 2.75) is 17.8 Å². The molecule has 0 amide bonds. The summed E-state index contributed by atoms with van der Waals surface area (Å²) in [4.78, 5) is 0. The normalized spacial score (nSPS) is 10.6. The molecule has 0 unspecified atom stereocenters. The van der Waals surface area contributed by atoms with Gasteiger partial charge in [-0.2, -0.15) is 0 Å². The van der Waals surface area contributed by atoms with Crippen LogP contribution in [-0.2, 0) is 5.75 Å². The Balaban J connectivity index is 1.69. The molecule has 0 fully saturated rings. The van der Waals surface area contributed by atoms with Gasteiger partial charge < -0.3 is 15.3 Å². The van der Waals surface area contributed by atoms with E-state index in [4.69, 9.17) is 15.3 Å². The van der Waals surface area contributed by atoms with Crippen LogP contribution < -0.4 is 15.3 Å². The summed E-state index contributed by atoms with van der Waals surface area (Å²) >= 11 is 1.54. The van der Waals surface area contributed by atoms with Crippen molar-refractivity contribution in [3.8, 4) is 22.9 Å². The Morgan fingerprint density at radius 3 is 2.32 bits per heavy atom. The average Bonchev–Trinajstić information content (AvgIpc) is 3.02. The summed E-state index contributed by atoms with van der Waals surface area (Å²) in [6.07, 6.45) is 0. The fourth-order valence-corrected chi connectivity index (χ4v) is 3.12. The van der Waals surface area contributed by atoms with E-state index in [-0.39, 0.29) is 0 Å². The number of nitrogens with two attached hydrogens (primary N) is 1. The molecule has 1 aromatic heterocycles. The molecule has 0 aliphatic carbocycles. The molecule has 2 N–H and O–H groups in total. The summed E-state index contributed by atoms with van der Waals surface area (Å²) < 4.78 is 12.1. The second-order valence-corrected chi connectivity index (χ2v) is 6.21. The number of thioether (sulfide) groups is 1. The van der Waals surface area contributed by atoms with Crippen LogP contribution in [0, 0.1) is 0 Å². The van der Waals surface area contributed by atoms with Crippen LogP contribution in [0.4, 0.5) is 0 Å². The lowest BCUT2D eigenvalue weighted by Crippen LogP contribution is -2.11. The number of hydrogen-bond donors (Lipinski definition) is 1. The van der Waals surface area contributed by atoms with Gasteiger partial charge in [0.1, 0.15) is 11.5 Å². The topological polar surface area (TPSA) is 75.2 Å². The SMILES string of the molecule is CCOc1ccc(-c2nnc(SCc3ccc(OC)cc3)n2N)cc1. The largest absolute Gasteiger partial charge is 0.497 e. The van der Waals surface area contributed by atoms with Crippen molar-refractivity contribution in [2.24, 2.45) is 0 Å². The molecule has 0 aliphatic heterocycles. The van der Waals surface area contributed by atoms with Gasteiger partial charge >= 0.3 is 0 Å². The summed E-state index contributed by atoms with van der Waals surface area (Å²) in [5.74, 6) is 9.20. The van der Waals surface area contributed by atoms with E-state index in [1.54, 1.807) is 7.11 Å². The molecule has 0 saturated carbocycles. The predicted octanol–water partition coefficient (Wildman–Crippen LogP) is 3.36. The van der Waals surface area contributed by atoms with E-state index in [0.29, 0.717) is 17.6 Å². The third-order valence-electron chi connectivity index (χ3n) is 3.62. The zero-order valence-electron chi connectivity index (χ0n) is 14.2. The molecule has 1 heterocycles. The van der Waals surface area contributed by atoms with Crippen LogP contribution in [0.15, 0.2) is 53.7 Å². The van der Waals surface area contributed by atoms with Gasteiger partial charge in [0.25, 0.3) is 0 Å². The summed E-state index contributed by atoms with van der Waals surface area (Å²) in [6, 6.07) is 15.6. The molecular weight excluding hydrogens is 336 g/mol. The highest BCUT2D eigenvalue weighted by molar-refractivity contribution is 7.98. The van der Waals surface area contributed by atoms with E-state index >= 15 is 0 Å². The second kappa shape index (κ2) is 7.94. The van der Waals surface area contributed by atoms with Crippen molar-refractivity contribution < 1.29 is 9.47 Å². The highest BCUT2D eigenvalue weighted by atomic mass is 32.2. The molecule has 0 radical (unpaired) electrons. The summed E-state index contributed by atoms with van der Waals surface area (Å²) in [6.45, 7) is 2.59. The lowest BCUT2D eigenvalue weighted by molar-refractivity contribution is 0.340. The van der Waals surface area contributed by atoms with Crippen molar-refractivity contribution in [3.63, 3.8) is 0 Å². The molecule has 0 bridgehead atoms. The van der Waals surface area contributed by atoms with E-state index in [1.165, 1.54) is 16.4 Å². The third-order valence-corrected chi connectivity index (χ3v) is 4.63. The molecule has 2 aromatic carbocycles. The number of hydrogen-bond acceptors (Lipinski definition) is 6. The van der Waals surface area contributed by atoms with Crippen LogP contribution in [0.1, 0.15) is 12.5 Å². The average molecular weight is 356 g/mol. The second-order valence-electron chi connectivity index (χ2n) is 5.27. The van der Waals surface area contributed by atoms with Crippen molar-refractivity contribution in [2.75, 3.05) is 19.6 Å². The van der Waals surface area contributed by atoms with Gasteiger partial charge in [-0.25, -0.2) is 4.68 Å². The monoisotopic (exact) mass is 356 g/mol. The molecule has 0 spiro atoms. The van der Waals surface area contributed by atoms with Gasteiger partial charge in [0.05, 0.1) is 13.7 Å². The number of nitrogens with zero attached hydrogens (tertiary/aromatic N) is 3. The number of nitrogen functional groups attached to an aromatic ring is 1. The molecule has 0 aliphatic rings. The van der Waals surface area contributed by atoms with E-state index < -0.39 is 0 Å². The van der Waals surface area contributed by atoms with Gasteiger partial charge in [-0.1, -0.05) is 23.9 Å². The van der Waals surface area contributed by atoms with Crippen LogP contribution in [-0.4, -0.2) is 28.6 Å². The first-order valence-corrected chi connectivity index (χ1v) is 8.89. The van der Waals surface area contributed by atoms with Gasteiger partial charge in [0.15, 0.2) is 5.82 Å². The van der Waals surface area contributed by atoms with Crippen LogP contribution in [0.5, 0.6) is 11.5 Å². The first kappa shape index (κ1) is 17.2. The molecule has 0 atom stereocenters. The van der Waals surface area contributed by atoms with Gasteiger partial charge in [-0.05, 0) is 48.9 Å². The molecule has 130 valence electrons. The highest BCUT2D eigenvalue weighted by Crippen LogP contribution is 2.26. The van der Waals surface area contributed by atoms with Gasteiger partial charge in [0, 0.05) is 11.3 Å². The van der Waals surface area contributed by atoms with Crippen molar-refractivity contribution in [1.82, 2.24) is 14.9 Å². The fraction of sp³-hybridized carbons (Fsp3) is 0.222. The van der Waals surface area contributed by atoms with Crippen molar-refractivity contribution in [3.05, 3.63) is 54.1 Å². The molecule has 3 rings (SSSR count). The van der Waals surface area contributed by atoms with Crippen molar-refractivity contribution in [1.29, 1.82) is 0 Å². The number of benzene rings is 2. The molecule has 0 saturated heterocycles. The Kier molecular flexibility index (Phi) is 5.45. The summed E-state index contributed by atoms with van der Waals surface area (Å²) in [7, 11) is 1.66. The molecule has 7 heteroatoms. The maximum absolute atomic E-state index is 6.16. The van der Waals surface area contributed by atoms with E-state index in [2.05, 4.69) is 10.2 Å². The quantitative estimate of drug-likeness (QED) is 0.517. The van der Waals surface area contributed by atoms with Crippen LogP contribution in [0.25, 0.3) is 11.4 Å². The molecule has 25 heavy (non-hydrogen) atoms. The minimum absolute atomic E-state index is 0.625. The first-order valence-electron chi connectivity index (χ1n) is 7.90. The van der Waals surface area contributed by atoms with E-state index in [1.807, 2.05) is 55.5 Å². The maximum Gasteiger partial charge on any atom is 0.210 e. The van der Waals surface area contributed by atoms with E-state index in [9.17, 15) is 0 Å². The maximum atomic E-state index is 6.16. The van der Waals surface area contributed by atoms with Crippen LogP contribution >= 0.6 is 11.8 Å². The molecule has 6 nitrogen and oxygen atoms in total. The van der Waals surface area contributed by atoms with Gasteiger partial charge in [0.2, 0.25) is 5.16 Å². The molecular formula is C18H20N4O2S. The Morgan fingerprint density at radius 2 is 1.68 bits per heavy atom. The summed E-state index contributed by atoms with van der Waals surface area (Å²) in [5.41, 5.74) is 2.06. The van der Waals surface area contributed by atoms with Gasteiger partial charge in [-0.15, -0.1) is 10.2 Å². The standard InChI is InChI=1S/C18H20N4O2S/c1-3-24-16-10-6-14(7-11-16)17-20-21-18(22(17)19)25-12-13-4-8-15(23-2)9-5-13/h4-11H,3,12,19H2,1-2H3. The number of ether oxygens (including phenoxy) is 2. The number of rotatable bonds is 7. The number of aromatic nitrogens is 3.